The Morgan fingerprint density at radius 3 is 2.52 bits per heavy atom. The minimum Gasteiger partial charge on any atom is -0.493 e. The molecule has 6 nitrogen and oxygen atoms in total. The molecule has 0 unspecified atom stereocenters. The van der Waals surface area contributed by atoms with Crippen molar-refractivity contribution >= 4 is 40.5 Å². The second kappa shape index (κ2) is 9.97. The molecule has 0 radical (unpaired) electrons. The number of rotatable bonds is 6. The third kappa shape index (κ3) is 5.19. The van der Waals surface area contributed by atoms with E-state index in [0.29, 0.717) is 27.5 Å². The van der Waals surface area contributed by atoms with Crippen LogP contribution in [-0.4, -0.2) is 25.2 Å². The summed E-state index contributed by atoms with van der Waals surface area (Å²) in [5, 5.41) is 6.19. The molecular weight excluding hydrogens is 440 g/mol. The van der Waals surface area contributed by atoms with Crippen molar-refractivity contribution < 1.29 is 19.1 Å². The maximum absolute atomic E-state index is 12.8. The number of methoxy groups -OCH3 is 1. The lowest BCUT2D eigenvalue weighted by Gasteiger charge is -2.11. The van der Waals surface area contributed by atoms with Gasteiger partial charge in [0.25, 0.3) is 5.91 Å². The quantitative estimate of drug-likeness (QED) is 0.179. The van der Waals surface area contributed by atoms with Crippen molar-refractivity contribution in [2.45, 2.75) is 0 Å². The van der Waals surface area contributed by atoms with Gasteiger partial charge in [-0.3, -0.25) is 4.79 Å². The second-order valence-electron chi connectivity index (χ2n) is 7.04. The van der Waals surface area contributed by atoms with Crippen LogP contribution in [0.15, 0.2) is 90.0 Å². The third-order valence-corrected chi connectivity index (χ3v) is 5.10. The number of halogens is 1. The van der Waals surface area contributed by atoms with E-state index >= 15 is 0 Å². The van der Waals surface area contributed by atoms with Crippen LogP contribution >= 0.6 is 11.6 Å². The van der Waals surface area contributed by atoms with Gasteiger partial charge in [0.05, 0.1) is 18.9 Å². The molecule has 4 rings (SSSR count). The van der Waals surface area contributed by atoms with Gasteiger partial charge in [-0.2, -0.15) is 5.10 Å². The molecule has 0 aromatic heterocycles. The summed E-state index contributed by atoms with van der Waals surface area (Å²) in [6.07, 6.45) is 1.46. The van der Waals surface area contributed by atoms with Crippen LogP contribution in [-0.2, 0) is 0 Å². The zero-order chi connectivity index (χ0) is 23.2. The van der Waals surface area contributed by atoms with Gasteiger partial charge < -0.3 is 9.47 Å². The van der Waals surface area contributed by atoms with Gasteiger partial charge in [-0.15, -0.1) is 0 Å². The molecule has 0 fully saturated rings. The molecule has 164 valence electrons. The fraction of sp³-hybridized carbons (Fsp3) is 0.0385. The minimum atomic E-state index is -0.486. The first-order valence-corrected chi connectivity index (χ1v) is 10.4. The number of fused-ring (bicyclic) bond motifs is 1. The molecule has 1 N–H and O–H groups in total. The number of hydrogen-bond acceptors (Lipinski definition) is 5. The van der Waals surface area contributed by atoms with E-state index in [2.05, 4.69) is 10.5 Å². The summed E-state index contributed by atoms with van der Waals surface area (Å²) in [4.78, 5) is 25.0. The maximum Gasteiger partial charge on any atom is 0.344 e. The van der Waals surface area contributed by atoms with Gasteiger partial charge in [0.15, 0.2) is 11.5 Å². The Balaban J connectivity index is 1.48. The summed E-state index contributed by atoms with van der Waals surface area (Å²) in [7, 11) is 1.48. The van der Waals surface area contributed by atoms with E-state index in [9.17, 15) is 9.59 Å². The van der Waals surface area contributed by atoms with E-state index in [1.807, 2.05) is 36.4 Å². The van der Waals surface area contributed by atoms with Crippen LogP contribution in [0.4, 0.5) is 0 Å². The lowest BCUT2D eigenvalue weighted by Crippen LogP contribution is -2.17. The number of hydrogen-bond donors (Lipinski definition) is 1. The van der Waals surface area contributed by atoms with Crippen LogP contribution in [0.1, 0.15) is 26.3 Å². The third-order valence-electron chi connectivity index (χ3n) is 4.87. The average molecular weight is 459 g/mol. The molecule has 4 aromatic rings. The second-order valence-corrected chi connectivity index (χ2v) is 7.47. The number of amides is 1. The maximum atomic E-state index is 12.8. The van der Waals surface area contributed by atoms with Crippen LogP contribution in [0.3, 0.4) is 0 Å². The van der Waals surface area contributed by atoms with Crippen molar-refractivity contribution in [2.75, 3.05) is 7.11 Å². The van der Waals surface area contributed by atoms with Crippen LogP contribution < -0.4 is 14.9 Å². The fourth-order valence-electron chi connectivity index (χ4n) is 3.27. The lowest BCUT2D eigenvalue weighted by atomic mass is 10.0. The predicted octanol–water partition coefficient (Wildman–Crippen LogP) is 5.48. The summed E-state index contributed by atoms with van der Waals surface area (Å²) in [5.41, 5.74) is 3.94. The summed E-state index contributed by atoms with van der Waals surface area (Å²) < 4.78 is 11.0. The Morgan fingerprint density at radius 2 is 1.70 bits per heavy atom. The van der Waals surface area contributed by atoms with E-state index in [1.165, 1.54) is 13.3 Å². The number of carbonyl (C=O) groups excluding carboxylic acids is 2. The topological polar surface area (TPSA) is 77.0 Å². The van der Waals surface area contributed by atoms with E-state index in [1.54, 1.807) is 48.5 Å². The van der Waals surface area contributed by atoms with Gasteiger partial charge in [0.1, 0.15) is 0 Å². The highest BCUT2D eigenvalue weighted by Crippen LogP contribution is 2.29. The smallest absolute Gasteiger partial charge is 0.344 e. The summed E-state index contributed by atoms with van der Waals surface area (Å²) in [6.45, 7) is 0. The number of nitrogens with zero attached hydrogens (tertiary/aromatic N) is 1. The molecule has 0 heterocycles. The number of carbonyl (C=O) groups is 2. The molecule has 0 spiro atoms. The van der Waals surface area contributed by atoms with Crippen molar-refractivity contribution in [2.24, 2.45) is 5.10 Å². The molecule has 7 heteroatoms. The Kier molecular flexibility index (Phi) is 6.66. The van der Waals surface area contributed by atoms with Gasteiger partial charge in [0, 0.05) is 10.6 Å². The molecule has 0 aliphatic rings. The molecule has 0 saturated carbocycles. The van der Waals surface area contributed by atoms with Gasteiger partial charge in [-0.1, -0.05) is 54.1 Å². The zero-order valence-corrected chi connectivity index (χ0v) is 18.4. The number of hydrazone groups is 1. The lowest BCUT2D eigenvalue weighted by molar-refractivity contribution is 0.0731. The van der Waals surface area contributed by atoms with Gasteiger partial charge >= 0.3 is 5.97 Å². The number of ether oxygens (including phenoxy) is 2. The molecular formula is C26H19ClN2O4. The SMILES string of the molecule is COc1cc(/C=N\NC(=O)c2cccc(Cl)c2)ccc1OC(=O)c1cccc2ccccc12. The molecule has 4 aromatic carbocycles. The molecule has 0 atom stereocenters. The highest BCUT2D eigenvalue weighted by Gasteiger charge is 2.15. The summed E-state index contributed by atoms with van der Waals surface area (Å²) in [5.74, 6) is -0.245. The predicted molar refractivity (Wildman–Crippen MR) is 128 cm³/mol. The first-order chi connectivity index (χ1) is 16.0. The highest BCUT2D eigenvalue weighted by molar-refractivity contribution is 6.31. The van der Waals surface area contributed by atoms with E-state index in [0.717, 1.165) is 10.8 Å². The normalized spacial score (nSPS) is 10.8. The van der Waals surface area contributed by atoms with Gasteiger partial charge in [-0.25, -0.2) is 10.2 Å². The summed E-state index contributed by atoms with van der Waals surface area (Å²) >= 11 is 5.90. The first-order valence-electron chi connectivity index (χ1n) is 10.0. The largest absolute Gasteiger partial charge is 0.493 e. The number of benzene rings is 4. The Hall–Kier alpha value is -4.16. The van der Waals surface area contributed by atoms with Crippen molar-refractivity contribution in [1.29, 1.82) is 0 Å². The Bertz CT molecular complexity index is 1360. The van der Waals surface area contributed by atoms with E-state index in [-0.39, 0.29) is 11.7 Å². The fourth-order valence-corrected chi connectivity index (χ4v) is 3.46. The van der Waals surface area contributed by atoms with Gasteiger partial charge in [-0.05, 0) is 58.8 Å². The zero-order valence-electron chi connectivity index (χ0n) is 17.6. The van der Waals surface area contributed by atoms with Crippen LogP contribution in [0.25, 0.3) is 10.8 Å². The summed E-state index contributed by atoms with van der Waals surface area (Å²) in [6, 6.07) is 24.6. The highest BCUT2D eigenvalue weighted by atomic mass is 35.5. The number of esters is 1. The van der Waals surface area contributed by atoms with Crippen molar-refractivity contribution in [1.82, 2.24) is 5.43 Å². The van der Waals surface area contributed by atoms with E-state index in [4.69, 9.17) is 21.1 Å². The van der Waals surface area contributed by atoms with Crippen molar-refractivity contribution in [3.63, 3.8) is 0 Å². The molecule has 0 saturated heterocycles. The average Bonchev–Trinajstić information content (AvgIpc) is 2.84. The van der Waals surface area contributed by atoms with Gasteiger partial charge in [0.2, 0.25) is 0 Å². The monoisotopic (exact) mass is 458 g/mol. The van der Waals surface area contributed by atoms with Crippen molar-refractivity contribution in [3.05, 3.63) is 107 Å². The molecule has 0 aliphatic heterocycles. The standard InChI is InChI=1S/C26H19ClN2O4/c1-32-24-14-17(16-28-29-25(30)19-8-4-9-20(27)15-19)12-13-23(24)33-26(31)22-11-5-7-18-6-2-3-10-21(18)22/h2-16H,1H3,(H,29,30)/b28-16-. The Morgan fingerprint density at radius 1 is 0.909 bits per heavy atom. The van der Waals surface area contributed by atoms with E-state index < -0.39 is 5.97 Å². The number of nitrogens with one attached hydrogen (secondary N) is 1. The molecule has 33 heavy (non-hydrogen) atoms. The molecule has 0 bridgehead atoms. The van der Waals surface area contributed by atoms with Crippen molar-refractivity contribution in [3.8, 4) is 11.5 Å². The minimum absolute atomic E-state index is 0.274. The molecule has 1 amide bonds. The first kappa shape index (κ1) is 22.0. The van der Waals surface area contributed by atoms with Crippen LogP contribution in [0.2, 0.25) is 5.02 Å². The van der Waals surface area contributed by atoms with Crippen LogP contribution in [0.5, 0.6) is 11.5 Å². The molecule has 0 aliphatic carbocycles. The Labute approximate surface area is 195 Å². The van der Waals surface area contributed by atoms with Crippen LogP contribution in [0, 0.1) is 0 Å².